The zero-order valence-electron chi connectivity index (χ0n) is 53.3. The Morgan fingerprint density at radius 1 is 0.412 bits per heavy atom. The van der Waals surface area contributed by atoms with Crippen LogP contribution in [-0.2, 0) is 37.9 Å². The average Bonchev–Trinajstić information content (AvgIpc) is 1.81. The van der Waals surface area contributed by atoms with E-state index in [0.29, 0.717) is 0 Å². The lowest BCUT2D eigenvalue weighted by Crippen LogP contribution is -2.61. The Morgan fingerprint density at radius 3 is 1.62 bits per heavy atom. The first-order valence-corrected chi connectivity index (χ1v) is 31.7. The predicted octanol–water partition coefficient (Wildman–Crippen LogP) is 20.5. The van der Waals surface area contributed by atoms with Crippen molar-refractivity contribution in [3.05, 3.63) is 190 Å². The van der Waals surface area contributed by atoms with E-state index in [9.17, 15) is 0 Å². The number of anilines is 9. The number of aryl methyl sites for hydroxylation is 1. The summed E-state index contributed by atoms with van der Waals surface area (Å²) in [4.78, 5) is 7.81. The molecular formula is C79H84BN3O2. The van der Waals surface area contributed by atoms with E-state index in [4.69, 9.17) is 8.83 Å². The third-order valence-corrected chi connectivity index (χ3v) is 21.9. The number of furan rings is 2. The fourth-order valence-electron chi connectivity index (χ4n) is 16.2. The van der Waals surface area contributed by atoms with E-state index in [-0.39, 0.29) is 44.6 Å². The molecule has 0 unspecified atom stereocenters. The molecule has 0 spiro atoms. The first-order valence-electron chi connectivity index (χ1n) is 31.7. The van der Waals surface area contributed by atoms with Crippen molar-refractivity contribution in [2.45, 2.75) is 187 Å². The van der Waals surface area contributed by atoms with Gasteiger partial charge in [-0.3, -0.25) is 0 Å². The van der Waals surface area contributed by atoms with Crippen molar-refractivity contribution in [3.8, 4) is 0 Å². The summed E-state index contributed by atoms with van der Waals surface area (Å²) in [7, 11) is 0. The van der Waals surface area contributed by atoms with Crippen molar-refractivity contribution < 1.29 is 8.83 Å². The van der Waals surface area contributed by atoms with Crippen LogP contribution in [0.2, 0.25) is 0 Å². The molecule has 0 bridgehead atoms. The molecular weight excluding hydrogens is 1030 g/mol. The van der Waals surface area contributed by atoms with Crippen molar-refractivity contribution in [1.29, 1.82) is 0 Å². The molecule has 15 rings (SSSR count). The second-order valence-corrected chi connectivity index (χ2v) is 31.4. The number of nitrogens with zero attached hydrogens (tertiary/aromatic N) is 3. The molecule has 4 heterocycles. The first-order chi connectivity index (χ1) is 40.1. The van der Waals surface area contributed by atoms with Gasteiger partial charge in [-0.15, -0.1) is 0 Å². The number of rotatable bonds is 5. The number of para-hydroxylation sites is 2. The Hall–Kier alpha value is -7.44. The molecule has 10 aromatic rings. The predicted molar refractivity (Wildman–Crippen MR) is 361 cm³/mol. The highest BCUT2D eigenvalue weighted by atomic mass is 16.3. The highest BCUT2D eigenvalue weighted by Crippen LogP contribution is 2.57. The lowest BCUT2D eigenvalue weighted by Gasteiger charge is -2.46. The number of hydrogen-bond donors (Lipinski definition) is 0. The summed E-state index contributed by atoms with van der Waals surface area (Å²) in [5.74, 6) is 0. The largest absolute Gasteiger partial charge is 0.468 e. The lowest BCUT2D eigenvalue weighted by atomic mass is 9.35. The molecule has 0 radical (unpaired) electrons. The standard InChI is InChI=1S/C79H84BN3O2/c1-47-38-57-60(78(13,14)36-34-75(57,7)8)45-64(47)83-63-31-26-48(73(2,3)4)39-62(63)80-70-65(41-52(42-66(70)83)81(49-22-18-17-19-23-49)51-27-29-54-53-24-20-21-25-67(53)84-68(54)43-51)82(50-28-30-56-58(40-50)76(9,10)33-32-74(56,5)6)71-55-44-59-61(46-69(55)85-72(71)80)79(15,16)37-35-77(59,11)12/h17-31,38-46H,32-37H2,1-16H3. The van der Waals surface area contributed by atoms with Crippen LogP contribution >= 0.6 is 0 Å². The Bertz CT molecular complexity index is 4460. The smallest absolute Gasteiger partial charge is 0.297 e. The van der Waals surface area contributed by atoms with E-state index < -0.39 is 0 Å². The van der Waals surface area contributed by atoms with Crippen LogP contribution in [0, 0.1) is 6.92 Å². The molecule has 85 heavy (non-hydrogen) atoms. The zero-order chi connectivity index (χ0) is 59.4. The SMILES string of the molecule is Cc1cc2c(cc1N1c3ccc(C(C)(C)C)cc3B3c4oc5cc6c(cc5c4N(c4ccc5c(c4)C(C)(C)CCC5(C)C)c4cc(N(c5ccccc5)c5ccc7c(c5)oc5ccccc57)cc1c43)C(C)(C)CCC6(C)C)C(C)(C)CCC2(C)C. The Kier molecular flexibility index (Phi) is 11.4. The van der Waals surface area contributed by atoms with Crippen LogP contribution < -0.4 is 31.3 Å². The van der Waals surface area contributed by atoms with Gasteiger partial charge in [0.25, 0.3) is 6.71 Å². The van der Waals surface area contributed by atoms with Gasteiger partial charge in [-0.25, -0.2) is 0 Å². The van der Waals surface area contributed by atoms with Crippen molar-refractivity contribution in [1.82, 2.24) is 0 Å². The van der Waals surface area contributed by atoms with Gasteiger partial charge in [0.15, 0.2) is 0 Å². The fraction of sp³-hybridized carbons (Fsp3) is 0.367. The van der Waals surface area contributed by atoms with Crippen LogP contribution in [0.3, 0.4) is 0 Å². The topological polar surface area (TPSA) is 36.0 Å². The minimum atomic E-state index is -0.234. The molecule has 0 atom stereocenters. The van der Waals surface area contributed by atoms with E-state index in [2.05, 4.69) is 271 Å². The van der Waals surface area contributed by atoms with Crippen LogP contribution in [0.15, 0.2) is 154 Å². The minimum Gasteiger partial charge on any atom is -0.468 e. The molecule has 0 N–H and O–H groups in total. The molecule has 2 aliphatic heterocycles. The summed E-state index contributed by atoms with van der Waals surface area (Å²) >= 11 is 0. The highest BCUT2D eigenvalue weighted by Gasteiger charge is 2.50. The van der Waals surface area contributed by atoms with E-state index in [1.165, 1.54) is 72.2 Å². The van der Waals surface area contributed by atoms with Gasteiger partial charge in [0.2, 0.25) is 0 Å². The highest BCUT2D eigenvalue weighted by molar-refractivity contribution is 7.00. The van der Waals surface area contributed by atoms with Gasteiger partial charge in [-0.05, 0) is 218 Å². The van der Waals surface area contributed by atoms with Gasteiger partial charge < -0.3 is 23.5 Å². The lowest BCUT2D eigenvalue weighted by molar-refractivity contribution is 0.332. The average molecular weight is 1120 g/mol. The van der Waals surface area contributed by atoms with E-state index >= 15 is 0 Å². The summed E-state index contributed by atoms with van der Waals surface area (Å²) in [6.07, 6.45) is 6.82. The monoisotopic (exact) mass is 1120 g/mol. The van der Waals surface area contributed by atoms with Gasteiger partial charge >= 0.3 is 0 Å². The van der Waals surface area contributed by atoms with E-state index in [1.807, 2.05) is 0 Å². The number of benzene rings is 8. The first kappa shape index (κ1) is 54.2. The fourth-order valence-corrected chi connectivity index (χ4v) is 16.2. The molecule has 430 valence electrons. The van der Waals surface area contributed by atoms with Gasteiger partial charge in [0.05, 0.1) is 17.0 Å². The van der Waals surface area contributed by atoms with Crippen molar-refractivity contribution >= 4 is 107 Å². The zero-order valence-corrected chi connectivity index (χ0v) is 53.3. The summed E-state index contributed by atoms with van der Waals surface area (Å²) < 4.78 is 14.6. The minimum absolute atomic E-state index is 0.00368. The van der Waals surface area contributed by atoms with Crippen molar-refractivity contribution in [3.63, 3.8) is 0 Å². The second kappa shape index (κ2) is 17.8. The maximum absolute atomic E-state index is 7.88. The Labute approximate surface area is 505 Å². The maximum atomic E-state index is 7.88. The summed E-state index contributed by atoms with van der Waals surface area (Å²) in [5.41, 5.74) is 27.6. The molecule has 0 fully saturated rings. The van der Waals surface area contributed by atoms with Crippen LogP contribution in [0.5, 0.6) is 0 Å². The summed E-state index contributed by atoms with van der Waals surface area (Å²) in [6, 6.07) is 56.4. The van der Waals surface area contributed by atoms with Gasteiger partial charge in [-0.1, -0.05) is 165 Å². The molecule has 0 saturated heterocycles. The van der Waals surface area contributed by atoms with E-state index in [0.717, 1.165) is 112 Å². The molecule has 2 aromatic heterocycles. The van der Waals surface area contributed by atoms with Crippen LogP contribution in [-0.4, -0.2) is 6.71 Å². The van der Waals surface area contributed by atoms with Gasteiger partial charge in [0.1, 0.15) is 16.7 Å². The Balaban J connectivity index is 1.11. The molecule has 6 heteroatoms. The van der Waals surface area contributed by atoms with Gasteiger partial charge in [0, 0.05) is 62.0 Å². The summed E-state index contributed by atoms with van der Waals surface area (Å²) in [5, 5.41) is 3.41. The van der Waals surface area contributed by atoms with Gasteiger partial charge in [-0.2, -0.15) is 0 Å². The number of fused-ring (bicyclic) bond motifs is 12. The molecule has 3 aliphatic carbocycles. The van der Waals surface area contributed by atoms with Crippen LogP contribution in [0.25, 0.3) is 32.9 Å². The molecule has 8 aromatic carbocycles. The number of hydrogen-bond acceptors (Lipinski definition) is 5. The third kappa shape index (κ3) is 8.08. The molecule has 5 nitrogen and oxygen atoms in total. The maximum Gasteiger partial charge on any atom is 0.297 e. The van der Waals surface area contributed by atoms with E-state index in [1.54, 1.807) is 0 Å². The quantitative estimate of drug-likeness (QED) is 0.161. The third-order valence-electron chi connectivity index (χ3n) is 21.9. The summed E-state index contributed by atoms with van der Waals surface area (Å²) in [6.45, 7) is 38.7. The molecule has 5 aliphatic rings. The van der Waals surface area contributed by atoms with Crippen molar-refractivity contribution in [2.24, 2.45) is 0 Å². The normalized spacial score (nSPS) is 19.0. The van der Waals surface area contributed by atoms with Crippen molar-refractivity contribution in [2.75, 3.05) is 14.7 Å². The van der Waals surface area contributed by atoms with Crippen LogP contribution in [0.4, 0.5) is 51.2 Å². The van der Waals surface area contributed by atoms with Crippen LogP contribution in [0.1, 0.15) is 187 Å². The Morgan fingerprint density at radius 2 is 0.965 bits per heavy atom. The second-order valence-electron chi connectivity index (χ2n) is 31.4. The molecule has 0 saturated carbocycles. The molecule has 0 amide bonds.